The fraction of sp³-hybridized carbons (Fsp3) is 0.333. The third-order valence-electron chi connectivity index (χ3n) is 3.58. The Morgan fingerprint density at radius 1 is 1.48 bits per heavy atom. The van der Waals surface area contributed by atoms with Gasteiger partial charge in [0, 0.05) is 18.3 Å². The van der Waals surface area contributed by atoms with Gasteiger partial charge < -0.3 is 14.7 Å². The lowest BCUT2D eigenvalue weighted by molar-refractivity contribution is 0.204. The van der Waals surface area contributed by atoms with Crippen molar-refractivity contribution >= 4 is 11.7 Å². The van der Waals surface area contributed by atoms with Gasteiger partial charge in [-0.05, 0) is 38.0 Å². The summed E-state index contributed by atoms with van der Waals surface area (Å²) in [6, 6.07) is 7.37. The molecule has 2 aromatic rings. The highest BCUT2D eigenvalue weighted by atomic mass is 19.1. The van der Waals surface area contributed by atoms with Crippen molar-refractivity contribution in [3.63, 3.8) is 0 Å². The molecule has 21 heavy (non-hydrogen) atoms. The SMILES string of the molecule is Cc1cc([C@@H]2CCCN2C(=O)Nc2cccc(F)c2)no1. The van der Waals surface area contributed by atoms with Crippen LogP contribution in [0.15, 0.2) is 34.9 Å². The molecule has 1 saturated heterocycles. The third-order valence-corrected chi connectivity index (χ3v) is 3.58. The lowest BCUT2D eigenvalue weighted by atomic mass is 10.1. The Bertz CT molecular complexity index is 656. The summed E-state index contributed by atoms with van der Waals surface area (Å²) in [5.74, 6) is 0.347. The lowest BCUT2D eigenvalue weighted by Gasteiger charge is -2.23. The Kier molecular flexibility index (Phi) is 3.60. The zero-order valence-electron chi connectivity index (χ0n) is 11.7. The number of carbonyl (C=O) groups excluding carboxylic acids is 1. The highest BCUT2D eigenvalue weighted by Gasteiger charge is 2.32. The topological polar surface area (TPSA) is 58.4 Å². The molecule has 1 aliphatic heterocycles. The van der Waals surface area contributed by atoms with Crippen molar-refractivity contribution in [3.8, 4) is 0 Å². The van der Waals surface area contributed by atoms with Gasteiger partial charge >= 0.3 is 6.03 Å². The number of aromatic nitrogens is 1. The van der Waals surface area contributed by atoms with E-state index in [1.807, 2.05) is 13.0 Å². The normalized spacial score (nSPS) is 18.0. The van der Waals surface area contributed by atoms with Crippen molar-refractivity contribution in [2.45, 2.75) is 25.8 Å². The van der Waals surface area contributed by atoms with Gasteiger partial charge in [0.1, 0.15) is 17.3 Å². The van der Waals surface area contributed by atoms with E-state index >= 15 is 0 Å². The maximum atomic E-state index is 13.2. The minimum Gasteiger partial charge on any atom is -0.361 e. The number of aryl methyl sites for hydroxylation is 1. The number of halogens is 1. The minimum atomic E-state index is -0.377. The van der Waals surface area contributed by atoms with Crippen molar-refractivity contribution < 1.29 is 13.7 Å². The molecular weight excluding hydrogens is 273 g/mol. The average molecular weight is 289 g/mol. The van der Waals surface area contributed by atoms with Gasteiger partial charge in [-0.25, -0.2) is 9.18 Å². The number of benzene rings is 1. The summed E-state index contributed by atoms with van der Waals surface area (Å²) in [5.41, 5.74) is 1.21. The fourth-order valence-corrected chi connectivity index (χ4v) is 2.62. The number of hydrogen-bond acceptors (Lipinski definition) is 3. The molecule has 1 atom stereocenters. The second-order valence-electron chi connectivity index (χ2n) is 5.15. The maximum absolute atomic E-state index is 13.2. The molecule has 3 rings (SSSR count). The van der Waals surface area contributed by atoms with Gasteiger partial charge in [0.25, 0.3) is 0 Å². The second-order valence-corrected chi connectivity index (χ2v) is 5.15. The monoisotopic (exact) mass is 289 g/mol. The van der Waals surface area contributed by atoms with Crippen molar-refractivity contribution in [1.82, 2.24) is 10.1 Å². The van der Waals surface area contributed by atoms with Crippen molar-refractivity contribution in [3.05, 3.63) is 47.6 Å². The zero-order chi connectivity index (χ0) is 14.8. The largest absolute Gasteiger partial charge is 0.361 e. The van der Waals surface area contributed by atoms with Gasteiger partial charge in [-0.3, -0.25) is 0 Å². The van der Waals surface area contributed by atoms with Crippen LogP contribution in [0.2, 0.25) is 0 Å². The number of nitrogens with zero attached hydrogens (tertiary/aromatic N) is 2. The third kappa shape index (κ3) is 2.89. The van der Waals surface area contributed by atoms with Gasteiger partial charge in [0.05, 0.1) is 6.04 Å². The van der Waals surface area contributed by atoms with Crippen LogP contribution in [0.5, 0.6) is 0 Å². The van der Waals surface area contributed by atoms with Crippen LogP contribution in [0, 0.1) is 12.7 Å². The maximum Gasteiger partial charge on any atom is 0.322 e. The summed E-state index contributed by atoms with van der Waals surface area (Å²) in [5, 5.41) is 6.71. The first-order chi connectivity index (χ1) is 10.1. The van der Waals surface area contributed by atoms with Crippen LogP contribution in [0.1, 0.15) is 30.3 Å². The summed E-state index contributed by atoms with van der Waals surface area (Å²) in [4.78, 5) is 14.1. The predicted octanol–water partition coefficient (Wildman–Crippen LogP) is 3.49. The average Bonchev–Trinajstić information content (AvgIpc) is 3.06. The van der Waals surface area contributed by atoms with Gasteiger partial charge in [-0.1, -0.05) is 11.2 Å². The number of rotatable bonds is 2. The number of anilines is 1. The first kappa shape index (κ1) is 13.6. The molecule has 1 aromatic heterocycles. The molecule has 0 spiro atoms. The Hall–Kier alpha value is -2.37. The van der Waals surface area contributed by atoms with E-state index in [4.69, 9.17) is 4.52 Å². The van der Waals surface area contributed by atoms with Crippen molar-refractivity contribution in [2.75, 3.05) is 11.9 Å². The molecule has 0 bridgehead atoms. The number of nitrogens with one attached hydrogen (secondary N) is 1. The Morgan fingerprint density at radius 2 is 2.33 bits per heavy atom. The molecule has 1 N–H and O–H groups in total. The van der Waals surface area contributed by atoms with Gasteiger partial charge in [0.2, 0.25) is 0 Å². The zero-order valence-corrected chi connectivity index (χ0v) is 11.7. The smallest absolute Gasteiger partial charge is 0.322 e. The van der Waals surface area contributed by atoms with E-state index < -0.39 is 0 Å². The van der Waals surface area contributed by atoms with E-state index in [0.29, 0.717) is 12.2 Å². The molecule has 1 fully saturated rings. The molecule has 2 amide bonds. The molecule has 0 aliphatic carbocycles. The van der Waals surface area contributed by atoms with E-state index in [2.05, 4.69) is 10.5 Å². The minimum absolute atomic E-state index is 0.0870. The van der Waals surface area contributed by atoms with Crippen LogP contribution in [0.3, 0.4) is 0 Å². The highest BCUT2D eigenvalue weighted by Crippen LogP contribution is 2.32. The Morgan fingerprint density at radius 3 is 3.05 bits per heavy atom. The van der Waals surface area contributed by atoms with Crippen molar-refractivity contribution in [2.24, 2.45) is 0 Å². The molecule has 0 unspecified atom stereocenters. The number of carbonyl (C=O) groups is 1. The van der Waals surface area contributed by atoms with Crippen LogP contribution in [-0.4, -0.2) is 22.6 Å². The summed E-state index contributed by atoms with van der Waals surface area (Å²) < 4.78 is 18.2. The molecule has 110 valence electrons. The quantitative estimate of drug-likeness (QED) is 0.920. The van der Waals surface area contributed by atoms with E-state index in [-0.39, 0.29) is 17.9 Å². The van der Waals surface area contributed by atoms with E-state index in [0.717, 1.165) is 24.3 Å². The molecule has 1 aliphatic rings. The lowest BCUT2D eigenvalue weighted by Crippen LogP contribution is -2.34. The van der Waals surface area contributed by atoms with Crippen LogP contribution in [-0.2, 0) is 0 Å². The van der Waals surface area contributed by atoms with Gasteiger partial charge in [-0.15, -0.1) is 0 Å². The summed E-state index contributed by atoms with van der Waals surface area (Å²) >= 11 is 0. The molecule has 1 aromatic carbocycles. The molecule has 0 radical (unpaired) electrons. The number of urea groups is 1. The van der Waals surface area contributed by atoms with Crippen LogP contribution in [0.4, 0.5) is 14.9 Å². The second kappa shape index (κ2) is 5.55. The van der Waals surface area contributed by atoms with E-state index in [1.54, 1.807) is 17.0 Å². The summed E-state index contributed by atoms with van der Waals surface area (Å²) in [6.45, 7) is 2.47. The predicted molar refractivity (Wildman–Crippen MR) is 75.3 cm³/mol. The molecular formula is C15H16FN3O2. The number of likely N-dealkylation sites (tertiary alicyclic amines) is 1. The van der Waals surface area contributed by atoms with Crippen LogP contribution >= 0.6 is 0 Å². The standard InChI is InChI=1S/C15H16FN3O2/c1-10-8-13(18-21-10)14-6-3-7-19(14)15(20)17-12-5-2-4-11(16)9-12/h2,4-5,8-9,14H,3,6-7H2,1H3,(H,17,20)/t14-/m0/s1. The molecule has 5 nitrogen and oxygen atoms in total. The molecule has 6 heteroatoms. The molecule has 0 saturated carbocycles. The fourth-order valence-electron chi connectivity index (χ4n) is 2.62. The Labute approximate surface area is 121 Å². The highest BCUT2D eigenvalue weighted by molar-refractivity contribution is 5.89. The van der Waals surface area contributed by atoms with Crippen molar-refractivity contribution in [1.29, 1.82) is 0 Å². The Balaban J connectivity index is 1.74. The summed E-state index contributed by atoms with van der Waals surface area (Å²) in [7, 11) is 0. The van der Waals surface area contributed by atoms with E-state index in [9.17, 15) is 9.18 Å². The number of hydrogen-bond donors (Lipinski definition) is 1. The number of amides is 2. The van der Waals surface area contributed by atoms with Gasteiger partial charge in [0.15, 0.2) is 0 Å². The molecule has 2 heterocycles. The summed E-state index contributed by atoms with van der Waals surface area (Å²) in [6.07, 6.45) is 1.76. The van der Waals surface area contributed by atoms with E-state index in [1.165, 1.54) is 12.1 Å². The van der Waals surface area contributed by atoms with Gasteiger partial charge in [-0.2, -0.15) is 0 Å². The first-order valence-corrected chi connectivity index (χ1v) is 6.90. The van der Waals surface area contributed by atoms with Crippen LogP contribution in [0.25, 0.3) is 0 Å². The first-order valence-electron chi connectivity index (χ1n) is 6.90. The van der Waals surface area contributed by atoms with Crippen LogP contribution < -0.4 is 5.32 Å².